The fourth-order valence-electron chi connectivity index (χ4n) is 2.45. The third-order valence-electron chi connectivity index (χ3n) is 3.47. The van der Waals surface area contributed by atoms with Crippen molar-refractivity contribution in [2.75, 3.05) is 31.2 Å². The second kappa shape index (κ2) is 5.54. The summed E-state index contributed by atoms with van der Waals surface area (Å²) >= 11 is 1.63. The number of fused-ring (bicyclic) bond motifs is 1. The molecule has 0 amide bonds. The van der Waals surface area contributed by atoms with E-state index in [1.165, 1.54) is 6.33 Å². The molecule has 1 aliphatic rings. The molecule has 0 aromatic carbocycles. The zero-order valence-corrected chi connectivity index (χ0v) is 12.9. The van der Waals surface area contributed by atoms with Crippen LogP contribution in [0.15, 0.2) is 18.7 Å². The smallest absolute Gasteiger partial charge is 0.176 e. The van der Waals surface area contributed by atoms with Gasteiger partial charge in [-0.25, -0.2) is 24.9 Å². The molecular weight excluding hydrogens is 300 g/mol. The first-order chi connectivity index (χ1) is 10.8. The average molecular weight is 314 g/mol. The Bertz CT molecular complexity index is 800. The number of aryl methyl sites for hydroxylation is 1. The zero-order valence-electron chi connectivity index (χ0n) is 12.1. The van der Waals surface area contributed by atoms with Crippen LogP contribution in [0.2, 0.25) is 0 Å². The third kappa shape index (κ3) is 2.40. The molecule has 22 heavy (non-hydrogen) atoms. The molecule has 7 nitrogen and oxygen atoms in total. The van der Waals surface area contributed by atoms with E-state index in [1.54, 1.807) is 23.7 Å². The molecule has 4 heterocycles. The Balaban J connectivity index is 1.89. The van der Waals surface area contributed by atoms with Crippen LogP contribution in [0.5, 0.6) is 0 Å². The zero-order chi connectivity index (χ0) is 14.9. The molecule has 0 N–H and O–H groups in total. The molecule has 1 fully saturated rings. The molecule has 112 valence electrons. The van der Waals surface area contributed by atoms with Gasteiger partial charge in [-0.1, -0.05) is 0 Å². The number of aromatic nitrogens is 5. The van der Waals surface area contributed by atoms with Crippen LogP contribution < -0.4 is 4.90 Å². The lowest BCUT2D eigenvalue weighted by molar-refractivity contribution is 0.122. The molecule has 4 rings (SSSR count). The van der Waals surface area contributed by atoms with Crippen molar-refractivity contribution in [1.82, 2.24) is 24.9 Å². The summed E-state index contributed by atoms with van der Waals surface area (Å²) in [5.74, 6) is 1.54. The highest BCUT2D eigenvalue weighted by Crippen LogP contribution is 2.31. The van der Waals surface area contributed by atoms with Gasteiger partial charge in [0.1, 0.15) is 11.0 Å². The van der Waals surface area contributed by atoms with Crippen LogP contribution in [0.3, 0.4) is 0 Å². The van der Waals surface area contributed by atoms with Crippen LogP contribution in [-0.4, -0.2) is 51.2 Å². The Morgan fingerprint density at radius 3 is 2.64 bits per heavy atom. The largest absolute Gasteiger partial charge is 0.378 e. The summed E-state index contributed by atoms with van der Waals surface area (Å²) in [6.45, 7) is 5.07. The van der Waals surface area contributed by atoms with E-state index in [2.05, 4.69) is 24.8 Å². The highest BCUT2D eigenvalue weighted by atomic mass is 32.1. The Morgan fingerprint density at radius 1 is 1.09 bits per heavy atom. The van der Waals surface area contributed by atoms with Crippen molar-refractivity contribution in [2.45, 2.75) is 6.92 Å². The van der Waals surface area contributed by atoms with E-state index >= 15 is 0 Å². The first-order valence-electron chi connectivity index (χ1n) is 7.04. The van der Waals surface area contributed by atoms with Gasteiger partial charge in [0.25, 0.3) is 0 Å². The molecule has 0 saturated carbocycles. The summed E-state index contributed by atoms with van der Waals surface area (Å²) in [5.41, 5.74) is 1.53. The van der Waals surface area contributed by atoms with Gasteiger partial charge in [-0.2, -0.15) is 0 Å². The van der Waals surface area contributed by atoms with Gasteiger partial charge in [-0.05, 0) is 6.92 Å². The minimum atomic E-state index is 0.611. The highest BCUT2D eigenvalue weighted by Gasteiger charge is 2.20. The van der Waals surface area contributed by atoms with E-state index in [1.807, 2.05) is 6.92 Å². The number of hydrogen-bond donors (Lipinski definition) is 0. The van der Waals surface area contributed by atoms with E-state index in [-0.39, 0.29) is 0 Å². The van der Waals surface area contributed by atoms with Crippen LogP contribution >= 0.6 is 11.3 Å². The van der Waals surface area contributed by atoms with Gasteiger partial charge in [-0.15, -0.1) is 11.3 Å². The lowest BCUT2D eigenvalue weighted by Gasteiger charge is -2.28. The number of thiazole rings is 1. The first kappa shape index (κ1) is 13.5. The molecule has 1 saturated heterocycles. The predicted octanol–water partition coefficient (Wildman–Crippen LogP) is 1.69. The molecule has 8 heteroatoms. The van der Waals surface area contributed by atoms with Crippen LogP contribution in [0, 0.1) is 6.92 Å². The number of hydrogen-bond acceptors (Lipinski definition) is 8. The fraction of sp³-hybridized carbons (Fsp3) is 0.357. The van der Waals surface area contributed by atoms with E-state index < -0.39 is 0 Å². The monoisotopic (exact) mass is 314 g/mol. The van der Waals surface area contributed by atoms with Crippen molar-refractivity contribution in [2.24, 2.45) is 0 Å². The minimum absolute atomic E-state index is 0.611. The number of nitrogens with zero attached hydrogens (tertiary/aromatic N) is 6. The summed E-state index contributed by atoms with van der Waals surface area (Å²) in [6.07, 6.45) is 4.94. The second-order valence-corrected chi connectivity index (χ2v) is 6.19. The summed E-state index contributed by atoms with van der Waals surface area (Å²) < 4.78 is 6.46. The summed E-state index contributed by atoms with van der Waals surface area (Å²) in [6, 6.07) is 0. The fourth-order valence-corrected chi connectivity index (χ4v) is 3.32. The SMILES string of the molecule is Cc1nc2nc(-c3cncnc3)nc(N3CCOCC3)c2s1. The van der Waals surface area contributed by atoms with Crippen molar-refractivity contribution in [3.63, 3.8) is 0 Å². The van der Waals surface area contributed by atoms with Crippen molar-refractivity contribution in [3.8, 4) is 11.4 Å². The van der Waals surface area contributed by atoms with Crippen LogP contribution in [-0.2, 0) is 4.74 Å². The Hall–Kier alpha value is -2.19. The molecule has 3 aromatic heterocycles. The van der Waals surface area contributed by atoms with Gasteiger partial charge in [0, 0.05) is 25.5 Å². The lowest BCUT2D eigenvalue weighted by atomic mass is 10.3. The Morgan fingerprint density at radius 2 is 1.86 bits per heavy atom. The topological polar surface area (TPSA) is 76.9 Å². The number of ether oxygens (including phenoxy) is 1. The van der Waals surface area contributed by atoms with Gasteiger partial charge < -0.3 is 9.64 Å². The second-order valence-electron chi connectivity index (χ2n) is 4.98. The Kier molecular flexibility index (Phi) is 3.39. The predicted molar refractivity (Wildman–Crippen MR) is 84.0 cm³/mol. The summed E-state index contributed by atoms with van der Waals surface area (Å²) in [7, 11) is 0. The Labute approximate surface area is 131 Å². The first-order valence-corrected chi connectivity index (χ1v) is 7.86. The summed E-state index contributed by atoms with van der Waals surface area (Å²) in [4.78, 5) is 24.2. The maximum atomic E-state index is 5.44. The standard InChI is InChI=1S/C14H14N6OS/c1-9-17-13-11(22-9)14(20-2-4-21-5-3-20)19-12(18-13)10-6-15-8-16-7-10/h6-8H,2-5H2,1H3. The van der Waals surface area contributed by atoms with Gasteiger partial charge in [0.05, 0.1) is 23.8 Å². The summed E-state index contributed by atoms with van der Waals surface area (Å²) in [5, 5.41) is 0.986. The number of rotatable bonds is 2. The van der Waals surface area contributed by atoms with Gasteiger partial charge in [0.15, 0.2) is 17.3 Å². The van der Waals surface area contributed by atoms with E-state index in [9.17, 15) is 0 Å². The highest BCUT2D eigenvalue weighted by molar-refractivity contribution is 7.19. The molecule has 0 unspecified atom stereocenters. The third-order valence-corrected chi connectivity index (χ3v) is 4.43. The molecular formula is C14H14N6OS. The van der Waals surface area contributed by atoms with Gasteiger partial charge in [0.2, 0.25) is 0 Å². The molecule has 0 spiro atoms. The van der Waals surface area contributed by atoms with Crippen LogP contribution in [0.4, 0.5) is 5.82 Å². The van der Waals surface area contributed by atoms with Crippen LogP contribution in [0.25, 0.3) is 21.7 Å². The van der Waals surface area contributed by atoms with Gasteiger partial charge >= 0.3 is 0 Å². The van der Waals surface area contributed by atoms with Crippen molar-refractivity contribution >= 4 is 27.5 Å². The number of morpholine rings is 1. The number of anilines is 1. The van der Waals surface area contributed by atoms with Crippen molar-refractivity contribution in [1.29, 1.82) is 0 Å². The van der Waals surface area contributed by atoms with E-state index in [0.717, 1.165) is 39.8 Å². The molecule has 0 atom stereocenters. The van der Waals surface area contributed by atoms with E-state index in [0.29, 0.717) is 19.0 Å². The van der Waals surface area contributed by atoms with Crippen molar-refractivity contribution < 1.29 is 4.74 Å². The molecule has 3 aromatic rings. The van der Waals surface area contributed by atoms with E-state index in [4.69, 9.17) is 9.72 Å². The maximum absolute atomic E-state index is 5.44. The van der Waals surface area contributed by atoms with Crippen molar-refractivity contribution in [3.05, 3.63) is 23.7 Å². The lowest BCUT2D eigenvalue weighted by Crippen LogP contribution is -2.36. The minimum Gasteiger partial charge on any atom is -0.378 e. The average Bonchev–Trinajstić information content (AvgIpc) is 2.95. The molecule has 0 radical (unpaired) electrons. The van der Waals surface area contributed by atoms with Gasteiger partial charge in [-0.3, -0.25) is 0 Å². The van der Waals surface area contributed by atoms with Crippen LogP contribution in [0.1, 0.15) is 5.01 Å². The normalized spacial score (nSPS) is 15.4. The maximum Gasteiger partial charge on any atom is 0.176 e. The molecule has 1 aliphatic heterocycles. The molecule has 0 aliphatic carbocycles. The molecule has 0 bridgehead atoms. The quantitative estimate of drug-likeness (QED) is 0.712.